The summed E-state index contributed by atoms with van der Waals surface area (Å²) in [5, 5.41) is 9.39. The van der Waals surface area contributed by atoms with Crippen molar-refractivity contribution in [3.05, 3.63) is 42.0 Å². The van der Waals surface area contributed by atoms with E-state index in [1.165, 1.54) is 76.2 Å². The van der Waals surface area contributed by atoms with Gasteiger partial charge in [-0.15, -0.1) is 0 Å². The lowest BCUT2D eigenvalue weighted by atomic mass is 9.68. The van der Waals surface area contributed by atoms with Gasteiger partial charge in [0.2, 0.25) is 0 Å². The Morgan fingerprint density at radius 1 is 0.946 bits per heavy atom. The van der Waals surface area contributed by atoms with Crippen LogP contribution < -0.4 is 4.74 Å². The molecule has 0 aromatic heterocycles. The molecule has 0 radical (unpaired) electrons. The molecule has 2 fully saturated rings. The van der Waals surface area contributed by atoms with Crippen LogP contribution in [0.3, 0.4) is 0 Å². The molecule has 5 nitrogen and oxygen atoms in total. The monoisotopic (exact) mass is 514 g/mol. The number of ether oxygens (including phenoxy) is 3. The van der Waals surface area contributed by atoms with Crippen molar-refractivity contribution in [3.63, 3.8) is 0 Å². The van der Waals surface area contributed by atoms with Gasteiger partial charge in [-0.05, 0) is 86.8 Å². The number of hydrogen-bond acceptors (Lipinski definition) is 5. The van der Waals surface area contributed by atoms with Gasteiger partial charge in [0.1, 0.15) is 25.1 Å². The van der Waals surface area contributed by atoms with E-state index in [0.717, 1.165) is 35.8 Å². The molecule has 0 aliphatic heterocycles. The number of carbonyl (C=O) groups is 1. The second-order valence-corrected chi connectivity index (χ2v) is 11.4. The van der Waals surface area contributed by atoms with Crippen molar-refractivity contribution < 1.29 is 24.1 Å². The molecule has 1 aromatic carbocycles. The van der Waals surface area contributed by atoms with Gasteiger partial charge in [-0.2, -0.15) is 0 Å². The minimum Gasteiger partial charge on any atom is -0.491 e. The summed E-state index contributed by atoms with van der Waals surface area (Å²) >= 11 is 0. The number of aryl methyl sites for hydroxylation is 1. The smallest absolute Gasteiger partial charge is 0.333 e. The third-order valence-electron chi connectivity index (χ3n) is 8.57. The van der Waals surface area contributed by atoms with Crippen molar-refractivity contribution in [2.75, 3.05) is 26.4 Å². The number of aliphatic hydroxyl groups is 1. The largest absolute Gasteiger partial charge is 0.491 e. The quantitative estimate of drug-likeness (QED) is 0.157. The summed E-state index contributed by atoms with van der Waals surface area (Å²) < 4.78 is 16.4. The molecule has 2 aliphatic rings. The maximum atomic E-state index is 11.5. The molecule has 3 rings (SSSR count). The van der Waals surface area contributed by atoms with Crippen molar-refractivity contribution in [1.82, 2.24) is 0 Å². The molecule has 208 valence electrons. The standard InChI is InChI=1S/C32H50O5/c1-4-5-25-8-14-28(15-9-25)29-16-10-26(11-17-29)6-7-27-12-18-30(19-13-27)35-20-21-36-31(22-33)23-37-32(34)24(2)3/h12-13,18-19,25-26,28-29,31,33H,2,4-11,14-17,20-23H2,1,3H3. The molecule has 1 aromatic rings. The maximum Gasteiger partial charge on any atom is 0.333 e. The Kier molecular flexibility index (Phi) is 13.0. The average molecular weight is 515 g/mol. The lowest BCUT2D eigenvalue weighted by Gasteiger charge is -2.38. The van der Waals surface area contributed by atoms with Gasteiger partial charge in [0.05, 0.1) is 13.2 Å². The van der Waals surface area contributed by atoms with Crippen molar-refractivity contribution in [2.24, 2.45) is 23.7 Å². The minimum absolute atomic E-state index is 0.00140. The Bertz CT molecular complexity index is 788. The molecular weight excluding hydrogens is 464 g/mol. The molecule has 37 heavy (non-hydrogen) atoms. The van der Waals surface area contributed by atoms with Gasteiger partial charge in [0.15, 0.2) is 0 Å². The first-order chi connectivity index (χ1) is 18.0. The van der Waals surface area contributed by atoms with Crippen molar-refractivity contribution in [2.45, 2.75) is 97.0 Å². The van der Waals surface area contributed by atoms with Crippen LogP contribution in [0.2, 0.25) is 0 Å². The van der Waals surface area contributed by atoms with Crippen molar-refractivity contribution in [3.8, 4) is 5.75 Å². The Balaban J connectivity index is 1.27. The van der Waals surface area contributed by atoms with Crippen LogP contribution in [0.4, 0.5) is 0 Å². The predicted molar refractivity (Wildman–Crippen MR) is 149 cm³/mol. The third kappa shape index (κ3) is 10.4. The van der Waals surface area contributed by atoms with Crippen LogP contribution in [0.25, 0.3) is 0 Å². The summed E-state index contributed by atoms with van der Waals surface area (Å²) in [4.78, 5) is 11.5. The first kappa shape index (κ1) is 29.7. The molecule has 1 N–H and O–H groups in total. The zero-order valence-electron chi connectivity index (χ0n) is 23.3. The number of esters is 1. The highest BCUT2D eigenvalue weighted by Gasteiger charge is 2.30. The normalized spacial score (nSPS) is 24.8. The number of benzene rings is 1. The highest BCUT2D eigenvalue weighted by Crippen LogP contribution is 2.43. The molecule has 2 aliphatic carbocycles. The van der Waals surface area contributed by atoms with Crippen LogP contribution in [0.1, 0.15) is 90.0 Å². The highest BCUT2D eigenvalue weighted by molar-refractivity contribution is 5.86. The first-order valence-corrected chi connectivity index (χ1v) is 14.7. The highest BCUT2D eigenvalue weighted by atomic mass is 16.6. The van der Waals surface area contributed by atoms with Crippen LogP contribution >= 0.6 is 0 Å². The maximum absolute atomic E-state index is 11.5. The molecule has 0 amide bonds. The van der Waals surface area contributed by atoms with E-state index in [4.69, 9.17) is 14.2 Å². The zero-order chi connectivity index (χ0) is 26.5. The fourth-order valence-electron chi connectivity index (χ4n) is 6.25. The number of aliphatic hydroxyl groups excluding tert-OH is 1. The van der Waals surface area contributed by atoms with Crippen LogP contribution in [-0.4, -0.2) is 43.6 Å². The van der Waals surface area contributed by atoms with Gasteiger partial charge in [-0.25, -0.2) is 4.79 Å². The molecule has 5 heteroatoms. The SMILES string of the molecule is C=C(C)C(=O)OCC(CO)OCCOc1ccc(CCC2CCC(C3CCC(CCC)CC3)CC2)cc1. The van der Waals surface area contributed by atoms with Gasteiger partial charge < -0.3 is 19.3 Å². The van der Waals surface area contributed by atoms with E-state index in [9.17, 15) is 9.90 Å². The van der Waals surface area contributed by atoms with Crippen LogP contribution in [0, 0.1) is 23.7 Å². The second kappa shape index (κ2) is 16.2. The predicted octanol–water partition coefficient (Wildman–Crippen LogP) is 6.91. The molecule has 0 heterocycles. The topological polar surface area (TPSA) is 65.0 Å². The number of hydrogen-bond donors (Lipinski definition) is 1. The van der Waals surface area contributed by atoms with E-state index in [-0.39, 0.29) is 13.2 Å². The summed E-state index contributed by atoms with van der Waals surface area (Å²) in [5.41, 5.74) is 1.70. The molecular formula is C32H50O5. The van der Waals surface area contributed by atoms with E-state index in [2.05, 4.69) is 25.6 Å². The van der Waals surface area contributed by atoms with Crippen LogP contribution in [-0.2, 0) is 20.7 Å². The van der Waals surface area contributed by atoms with Gasteiger partial charge in [0, 0.05) is 5.57 Å². The van der Waals surface area contributed by atoms with Crippen LogP contribution in [0.15, 0.2) is 36.4 Å². The first-order valence-electron chi connectivity index (χ1n) is 14.7. The number of rotatable bonds is 15. The van der Waals surface area contributed by atoms with E-state index < -0.39 is 12.1 Å². The number of carbonyl (C=O) groups excluding carboxylic acids is 1. The second-order valence-electron chi connectivity index (χ2n) is 11.4. The Hall–Kier alpha value is -1.85. The fraction of sp³-hybridized carbons (Fsp3) is 0.719. The lowest BCUT2D eigenvalue weighted by Crippen LogP contribution is -2.27. The van der Waals surface area contributed by atoms with Crippen molar-refractivity contribution >= 4 is 5.97 Å². The van der Waals surface area contributed by atoms with E-state index in [1.807, 2.05) is 12.1 Å². The minimum atomic E-state index is -0.565. The molecule has 1 unspecified atom stereocenters. The van der Waals surface area contributed by atoms with Gasteiger partial charge in [-0.1, -0.05) is 64.2 Å². The molecule has 0 spiro atoms. The Labute approximate surface area is 225 Å². The van der Waals surface area contributed by atoms with Gasteiger partial charge in [-0.3, -0.25) is 0 Å². The van der Waals surface area contributed by atoms with E-state index in [0.29, 0.717) is 18.8 Å². The van der Waals surface area contributed by atoms with Gasteiger partial charge in [0.25, 0.3) is 0 Å². The Morgan fingerprint density at radius 2 is 1.54 bits per heavy atom. The lowest BCUT2D eigenvalue weighted by molar-refractivity contribution is -0.144. The summed E-state index contributed by atoms with van der Waals surface area (Å²) in [7, 11) is 0. The molecule has 0 saturated heterocycles. The summed E-state index contributed by atoms with van der Waals surface area (Å²) in [6, 6.07) is 8.40. The van der Waals surface area contributed by atoms with E-state index >= 15 is 0 Å². The van der Waals surface area contributed by atoms with Crippen LogP contribution in [0.5, 0.6) is 5.75 Å². The summed E-state index contributed by atoms with van der Waals surface area (Å²) in [5.74, 6) is 4.25. The summed E-state index contributed by atoms with van der Waals surface area (Å²) in [6.45, 7) is 7.90. The zero-order valence-corrected chi connectivity index (χ0v) is 23.3. The molecule has 2 saturated carbocycles. The third-order valence-corrected chi connectivity index (χ3v) is 8.57. The van der Waals surface area contributed by atoms with Gasteiger partial charge >= 0.3 is 5.97 Å². The average Bonchev–Trinajstić information content (AvgIpc) is 2.93. The van der Waals surface area contributed by atoms with Crippen molar-refractivity contribution in [1.29, 1.82) is 0 Å². The Morgan fingerprint density at radius 3 is 2.08 bits per heavy atom. The molecule has 0 bridgehead atoms. The van der Waals surface area contributed by atoms with E-state index in [1.54, 1.807) is 6.92 Å². The summed E-state index contributed by atoms with van der Waals surface area (Å²) in [6.07, 6.45) is 16.4. The molecule has 1 atom stereocenters. The fourth-order valence-corrected chi connectivity index (χ4v) is 6.25.